The highest BCUT2D eigenvalue weighted by molar-refractivity contribution is 5.78. The zero-order valence-electron chi connectivity index (χ0n) is 13.5. The van der Waals surface area contributed by atoms with Gasteiger partial charge in [0.15, 0.2) is 0 Å². The van der Waals surface area contributed by atoms with E-state index >= 15 is 0 Å². The van der Waals surface area contributed by atoms with Crippen LogP contribution in [0.2, 0.25) is 0 Å². The lowest BCUT2D eigenvalue weighted by Gasteiger charge is -2.43. The number of benzene rings is 1. The lowest BCUT2D eigenvalue weighted by molar-refractivity contribution is -0.146. The van der Waals surface area contributed by atoms with Gasteiger partial charge in [-0.15, -0.1) is 0 Å². The topological polar surface area (TPSA) is 55.6 Å². The maximum Gasteiger partial charge on any atom is 0.224 e. The van der Waals surface area contributed by atoms with Crippen molar-refractivity contribution in [2.45, 2.75) is 57.2 Å². The van der Waals surface area contributed by atoms with E-state index < -0.39 is 0 Å². The number of carbonyl (C=O) groups is 1. The fraction of sp³-hybridized carbons (Fsp3) is 0.611. The van der Waals surface area contributed by atoms with Crippen LogP contribution in [0.4, 0.5) is 0 Å². The molecule has 1 saturated carbocycles. The average molecular weight is 302 g/mol. The fourth-order valence-electron chi connectivity index (χ4n) is 3.45. The van der Waals surface area contributed by atoms with Gasteiger partial charge in [-0.2, -0.15) is 0 Å². The van der Waals surface area contributed by atoms with Crippen LogP contribution in [0, 0.1) is 6.92 Å². The summed E-state index contributed by atoms with van der Waals surface area (Å²) >= 11 is 0. The van der Waals surface area contributed by atoms with Crippen LogP contribution in [0.3, 0.4) is 0 Å². The molecule has 2 N–H and O–H groups in total. The average Bonchev–Trinajstić information content (AvgIpc) is 2.47. The summed E-state index contributed by atoms with van der Waals surface area (Å²) in [5, 5.41) is 0. The first-order valence-electron chi connectivity index (χ1n) is 8.24. The molecule has 1 saturated heterocycles. The van der Waals surface area contributed by atoms with Gasteiger partial charge in [0.05, 0.1) is 19.2 Å². The maximum absolute atomic E-state index is 12.7. The van der Waals surface area contributed by atoms with Crippen molar-refractivity contribution in [1.29, 1.82) is 0 Å². The van der Waals surface area contributed by atoms with E-state index in [1.54, 1.807) is 0 Å². The minimum absolute atomic E-state index is 0.0311. The van der Waals surface area contributed by atoms with E-state index in [0.717, 1.165) is 19.3 Å². The molecule has 1 aliphatic carbocycles. The molecular weight excluding hydrogens is 276 g/mol. The van der Waals surface area contributed by atoms with E-state index in [4.69, 9.17) is 10.5 Å². The number of carbonyl (C=O) groups excluding carboxylic acids is 1. The van der Waals surface area contributed by atoms with Crippen LogP contribution in [0.15, 0.2) is 24.3 Å². The minimum Gasteiger partial charge on any atom is -0.370 e. The van der Waals surface area contributed by atoms with Crippen LogP contribution >= 0.6 is 0 Å². The molecule has 2 aliphatic rings. The number of nitrogens with zero attached hydrogens (tertiary/aromatic N) is 1. The highest BCUT2D eigenvalue weighted by atomic mass is 16.5. The summed E-state index contributed by atoms with van der Waals surface area (Å²) in [6.07, 6.45) is 3.53. The van der Waals surface area contributed by atoms with Gasteiger partial charge in [-0.05, 0) is 44.2 Å². The molecule has 4 heteroatoms. The van der Waals surface area contributed by atoms with E-state index in [1.165, 1.54) is 11.1 Å². The van der Waals surface area contributed by atoms with Crippen molar-refractivity contribution in [3.63, 3.8) is 0 Å². The van der Waals surface area contributed by atoms with Crippen molar-refractivity contribution in [2.75, 3.05) is 13.2 Å². The van der Waals surface area contributed by atoms with Crippen LogP contribution in [0.5, 0.6) is 0 Å². The van der Waals surface area contributed by atoms with Crippen molar-refractivity contribution in [3.8, 4) is 0 Å². The van der Waals surface area contributed by atoms with Gasteiger partial charge >= 0.3 is 0 Å². The second-order valence-corrected chi connectivity index (χ2v) is 6.97. The molecule has 0 unspecified atom stereocenters. The number of amides is 1. The molecule has 2 atom stereocenters. The Morgan fingerprint density at radius 3 is 2.77 bits per heavy atom. The van der Waals surface area contributed by atoms with E-state index in [-0.39, 0.29) is 23.6 Å². The molecule has 0 aromatic heterocycles. The zero-order chi connectivity index (χ0) is 15.7. The Kier molecular flexibility index (Phi) is 4.24. The van der Waals surface area contributed by atoms with Crippen molar-refractivity contribution < 1.29 is 9.53 Å². The molecule has 1 amide bonds. The number of aryl methyl sites for hydroxylation is 1. The third-order valence-corrected chi connectivity index (χ3v) is 5.14. The summed E-state index contributed by atoms with van der Waals surface area (Å²) in [5.74, 6) is 0.177. The molecule has 1 heterocycles. The summed E-state index contributed by atoms with van der Waals surface area (Å²) in [7, 11) is 0. The van der Waals surface area contributed by atoms with Gasteiger partial charge in [-0.25, -0.2) is 0 Å². The highest BCUT2D eigenvalue weighted by Crippen LogP contribution is 2.34. The van der Waals surface area contributed by atoms with Crippen molar-refractivity contribution in [3.05, 3.63) is 35.4 Å². The van der Waals surface area contributed by atoms with Gasteiger partial charge < -0.3 is 15.4 Å². The monoisotopic (exact) mass is 302 g/mol. The zero-order valence-corrected chi connectivity index (χ0v) is 13.5. The van der Waals surface area contributed by atoms with E-state index in [1.807, 2.05) is 17.0 Å². The van der Waals surface area contributed by atoms with Crippen molar-refractivity contribution in [2.24, 2.45) is 5.73 Å². The summed E-state index contributed by atoms with van der Waals surface area (Å²) < 4.78 is 5.98. The smallest absolute Gasteiger partial charge is 0.224 e. The van der Waals surface area contributed by atoms with Gasteiger partial charge in [0.25, 0.3) is 0 Å². The van der Waals surface area contributed by atoms with Crippen LogP contribution in [0.25, 0.3) is 0 Å². The summed E-state index contributed by atoms with van der Waals surface area (Å²) in [5.41, 5.74) is 8.38. The largest absolute Gasteiger partial charge is 0.370 e. The quantitative estimate of drug-likeness (QED) is 0.933. The standard InChI is InChI=1S/C18H26N2O2/c1-13-6-3-4-7-15(13)16-11-20(14(2)12-22-16)17(21)10-18(19)8-5-9-18/h3-4,6-7,14,16H,5,8-12,19H2,1-2H3/t14-,16-/m0/s1. The second kappa shape index (κ2) is 6.01. The van der Waals surface area contributed by atoms with Gasteiger partial charge in [0.1, 0.15) is 6.10 Å². The van der Waals surface area contributed by atoms with Gasteiger partial charge in [0.2, 0.25) is 5.91 Å². The number of rotatable bonds is 3. The van der Waals surface area contributed by atoms with Crippen molar-refractivity contribution >= 4 is 5.91 Å². The van der Waals surface area contributed by atoms with Crippen molar-refractivity contribution in [1.82, 2.24) is 4.90 Å². The molecule has 0 radical (unpaired) electrons. The first-order chi connectivity index (χ1) is 10.5. The Labute approximate surface area is 132 Å². The van der Waals surface area contributed by atoms with Gasteiger partial charge in [0, 0.05) is 12.0 Å². The number of hydrogen-bond donors (Lipinski definition) is 1. The molecular formula is C18H26N2O2. The maximum atomic E-state index is 12.7. The Hall–Kier alpha value is -1.39. The molecule has 1 aromatic carbocycles. The molecule has 3 rings (SSSR count). The lowest BCUT2D eigenvalue weighted by atomic mass is 9.75. The molecule has 22 heavy (non-hydrogen) atoms. The first-order valence-corrected chi connectivity index (χ1v) is 8.24. The normalized spacial score (nSPS) is 27.3. The first kappa shape index (κ1) is 15.5. The molecule has 1 aromatic rings. The lowest BCUT2D eigenvalue weighted by Crippen LogP contribution is -2.54. The highest BCUT2D eigenvalue weighted by Gasteiger charge is 2.38. The van der Waals surface area contributed by atoms with Crippen LogP contribution in [0.1, 0.15) is 49.8 Å². The Bertz CT molecular complexity index is 554. The van der Waals surface area contributed by atoms with Gasteiger partial charge in [-0.1, -0.05) is 24.3 Å². The molecule has 1 aliphatic heterocycles. The summed E-state index contributed by atoms with van der Waals surface area (Å²) in [6.45, 7) is 5.35. The van der Waals surface area contributed by atoms with E-state index in [2.05, 4.69) is 26.0 Å². The fourth-order valence-corrected chi connectivity index (χ4v) is 3.45. The Morgan fingerprint density at radius 2 is 2.14 bits per heavy atom. The Balaban J connectivity index is 1.71. The number of nitrogens with two attached hydrogens (primary N) is 1. The van der Waals surface area contributed by atoms with E-state index in [9.17, 15) is 4.79 Å². The third kappa shape index (κ3) is 3.03. The second-order valence-electron chi connectivity index (χ2n) is 6.97. The summed E-state index contributed by atoms with van der Waals surface area (Å²) in [6, 6.07) is 8.36. The SMILES string of the molecule is Cc1ccccc1[C@@H]1CN(C(=O)CC2(N)CCC2)[C@@H](C)CO1. The van der Waals surface area contributed by atoms with Crippen LogP contribution < -0.4 is 5.73 Å². The minimum atomic E-state index is -0.257. The van der Waals surface area contributed by atoms with Crippen LogP contribution in [-0.4, -0.2) is 35.5 Å². The molecule has 4 nitrogen and oxygen atoms in total. The molecule has 0 spiro atoms. The van der Waals surface area contributed by atoms with Gasteiger partial charge in [-0.3, -0.25) is 4.79 Å². The molecule has 120 valence electrons. The molecule has 0 bridgehead atoms. The molecule has 2 fully saturated rings. The Morgan fingerprint density at radius 1 is 1.41 bits per heavy atom. The third-order valence-electron chi connectivity index (χ3n) is 5.14. The summed E-state index contributed by atoms with van der Waals surface area (Å²) in [4.78, 5) is 14.6. The number of ether oxygens (including phenoxy) is 1. The van der Waals surface area contributed by atoms with Crippen LogP contribution in [-0.2, 0) is 9.53 Å². The predicted octanol–water partition coefficient (Wildman–Crippen LogP) is 2.55. The number of morpholine rings is 1. The number of hydrogen-bond acceptors (Lipinski definition) is 3. The van der Waals surface area contributed by atoms with E-state index in [0.29, 0.717) is 19.6 Å². The predicted molar refractivity (Wildman–Crippen MR) is 86.4 cm³/mol.